The normalized spacial score (nSPS) is 13.9. The molecule has 206 valence electrons. The summed E-state index contributed by atoms with van der Waals surface area (Å²) in [7, 11) is 1.92. The number of nitrogens with two attached hydrogens (primary N) is 1. The lowest BCUT2D eigenvalue weighted by molar-refractivity contribution is 0.0712. The predicted octanol–water partition coefficient (Wildman–Crippen LogP) is 5.53. The minimum Gasteiger partial charge on any atom is -0.397 e. The standard InChI is InChI=1S/C32H36N6O2/c1-21(2)16-28-10-8-26(18-34-28)31(39)36-30-17-25(9-11-29(30)33)32(40)38-14-12-24(13-15-38)22-4-6-23(7-5-22)27-19-35-37(3)20-27/h4-11,17-21,24H,12-16,33H2,1-3H3,(H,36,39). The predicted molar refractivity (Wildman–Crippen MR) is 158 cm³/mol. The van der Waals surface area contributed by atoms with Gasteiger partial charge in [0.15, 0.2) is 0 Å². The number of anilines is 2. The fraction of sp³-hybridized carbons (Fsp3) is 0.312. The van der Waals surface area contributed by atoms with Crippen molar-refractivity contribution in [1.29, 1.82) is 0 Å². The first-order chi connectivity index (χ1) is 19.3. The zero-order valence-electron chi connectivity index (χ0n) is 23.3. The summed E-state index contributed by atoms with van der Waals surface area (Å²) in [6.45, 7) is 5.61. The Labute approximate surface area is 235 Å². The van der Waals surface area contributed by atoms with E-state index in [1.165, 1.54) is 5.56 Å². The summed E-state index contributed by atoms with van der Waals surface area (Å²) >= 11 is 0. The van der Waals surface area contributed by atoms with Gasteiger partial charge in [-0.1, -0.05) is 38.1 Å². The molecule has 3 heterocycles. The molecule has 1 aliphatic rings. The van der Waals surface area contributed by atoms with E-state index >= 15 is 0 Å². The van der Waals surface area contributed by atoms with Crippen LogP contribution in [0.5, 0.6) is 0 Å². The number of piperidine rings is 1. The Morgan fingerprint density at radius 1 is 0.975 bits per heavy atom. The van der Waals surface area contributed by atoms with Crippen molar-refractivity contribution in [2.24, 2.45) is 13.0 Å². The molecule has 8 nitrogen and oxygen atoms in total. The number of benzene rings is 2. The first kappa shape index (κ1) is 27.1. The van der Waals surface area contributed by atoms with Crippen LogP contribution in [0.15, 0.2) is 73.2 Å². The highest BCUT2D eigenvalue weighted by molar-refractivity contribution is 6.06. The van der Waals surface area contributed by atoms with Crippen molar-refractivity contribution >= 4 is 23.2 Å². The van der Waals surface area contributed by atoms with Gasteiger partial charge in [0.2, 0.25) is 0 Å². The number of rotatable bonds is 7. The molecule has 0 atom stereocenters. The van der Waals surface area contributed by atoms with E-state index in [0.717, 1.165) is 36.1 Å². The maximum Gasteiger partial charge on any atom is 0.257 e. The maximum atomic E-state index is 13.3. The van der Waals surface area contributed by atoms with Crippen LogP contribution in [-0.2, 0) is 13.5 Å². The van der Waals surface area contributed by atoms with Gasteiger partial charge in [-0.15, -0.1) is 0 Å². The van der Waals surface area contributed by atoms with Gasteiger partial charge in [-0.25, -0.2) is 0 Å². The molecule has 0 radical (unpaired) electrons. The Balaban J connectivity index is 1.19. The lowest BCUT2D eigenvalue weighted by Crippen LogP contribution is -2.38. The van der Waals surface area contributed by atoms with Crippen LogP contribution in [0.2, 0.25) is 0 Å². The molecule has 2 aromatic heterocycles. The van der Waals surface area contributed by atoms with Gasteiger partial charge in [-0.2, -0.15) is 5.10 Å². The number of nitrogen functional groups attached to an aromatic ring is 1. The molecule has 1 saturated heterocycles. The van der Waals surface area contributed by atoms with Gasteiger partial charge in [-0.3, -0.25) is 19.3 Å². The fourth-order valence-corrected chi connectivity index (χ4v) is 5.21. The number of likely N-dealkylation sites (tertiary alicyclic amines) is 1. The van der Waals surface area contributed by atoms with Crippen molar-refractivity contribution in [2.75, 3.05) is 24.1 Å². The van der Waals surface area contributed by atoms with Gasteiger partial charge < -0.3 is 16.0 Å². The molecular weight excluding hydrogens is 500 g/mol. The highest BCUT2D eigenvalue weighted by Crippen LogP contribution is 2.31. The smallest absolute Gasteiger partial charge is 0.257 e. The molecule has 0 saturated carbocycles. The van der Waals surface area contributed by atoms with Crippen LogP contribution in [0.1, 0.15) is 64.6 Å². The molecule has 0 spiro atoms. The summed E-state index contributed by atoms with van der Waals surface area (Å²) in [5.41, 5.74) is 12.4. The Morgan fingerprint density at radius 3 is 2.33 bits per heavy atom. The van der Waals surface area contributed by atoms with Crippen LogP contribution in [0.3, 0.4) is 0 Å². The Bertz CT molecular complexity index is 1480. The van der Waals surface area contributed by atoms with E-state index in [9.17, 15) is 9.59 Å². The van der Waals surface area contributed by atoms with E-state index in [4.69, 9.17) is 5.73 Å². The third kappa shape index (κ3) is 6.22. The maximum absolute atomic E-state index is 13.3. The number of aromatic nitrogens is 3. The van der Waals surface area contributed by atoms with E-state index in [0.29, 0.717) is 47.4 Å². The van der Waals surface area contributed by atoms with Gasteiger partial charge in [0, 0.05) is 49.4 Å². The second-order valence-electron chi connectivity index (χ2n) is 11.0. The van der Waals surface area contributed by atoms with Gasteiger partial charge in [0.05, 0.1) is 23.1 Å². The number of nitrogens with zero attached hydrogens (tertiary/aromatic N) is 4. The minimum atomic E-state index is -0.310. The molecular formula is C32H36N6O2. The molecule has 8 heteroatoms. The largest absolute Gasteiger partial charge is 0.397 e. The number of pyridine rings is 1. The first-order valence-electron chi connectivity index (χ1n) is 13.8. The summed E-state index contributed by atoms with van der Waals surface area (Å²) in [5, 5.41) is 7.10. The highest BCUT2D eigenvalue weighted by Gasteiger charge is 2.25. The topological polar surface area (TPSA) is 106 Å². The molecule has 2 aromatic carbocycles. The van der Waals surface area contributed by atoms with Crippen LogP contribution >= 0.6 is 0 Å². The van der Waals surface area contributed by atoms with Crippen molar-refractivity contribution in [2.45, 2.75) is 39.0 Å². The van der Waals surface area contributed by atoms with Gasteiger partial charge in [-0.05, 0) is 72.6 Å². The van der Waals surface area contributed by atoms with Crippen LogP contribution in [0.4, 0.5) is 11.4 Å². The zero-order valence-corrected chi connectivity index (χ0v) is 23.3. The van der Waals surface area contributed by atoms with E-state index in [1.54, 1.807) is 35.1 Å². The average molecular weight is 537 g/mol. The van der Waals surface area contributed by atoms with Crippen LogP contribution < -0.4 is 11.1 Å². The van der Waals surface area contributed by atoms with Crippen molar-refractivity contribution in [3.8, 4) is 11.1 Å². The van der Waals surface area contributed by atoms with Crippen LogP contribution in [-0.4, -0.2) is 44.6 Å². The average Bonchev–Trinajstić information content (AvgIpc) is 3.40. The van der Waals surface area contributed by atoms with E-state index in [2.05, 4.69) is 53.5 Å². The molecule has 0 bridgehead atoms. The van der Waals surface area contributed by atoms with Gasteiger partial charge in [0.25, 0.3) is 11.8 Å². The quantitative estimate of drug-likeness (QED) is 0.302. The van der Waals surface area contributed by atoms with Gasteiger partial charge >= 0.3 is 0 Å². The van der Waals surface area contributed by atoms with E-state index in [-0.39, 0.29) is 11.8 Å². The number of hydrogen-bond donors (Lipinski definition) is 2. The van der Waals surface area contributed by atoms with E-state index < -0.39 is 0 Å². The molecule has 3 N–H and O–H groups in total. The van der Waals surface area contributed by atoms with Crippen molar-refractivity contribution in [1.82, 2.24) is 19.7 Å². The second kappa shape index (κ2) is 11.7. The molecule has 4 aromatic rings. The Kier molecular flexibility index (Phi) is 7.96. The summed E-state index contributed by atoms with van der Waals surface area (Å²) in [6, 6.07) is 17.4. The fourth-order valence-electron chi connectivity index (χ4n) is 5.21. The minimum absolute atomic E-state index is 0.0550. The first-order valence-corrected chi connectivity index (χ1v) is 13.8. The molecule has 1 fully saturated rings. The number of hydrogen-bond acceptors (Lipinski definition) is 5. The molecule has 40 heavy (non-hydrogen) atoms. The van der Waals surface area contributed by atoms with E-state index in [1.807, 2.05) is 30.4 Å². The molecule has 0 aliphatic carbocycles. The highest BCUT2D eigenvalue weighted by atomic mass is 16.2. The SMILES string of the molecule is CC(C)Cc1ccc(C(=O)Nc2cc(C(=O)N3CCC(c4ccc(-c5cnn(C)c5)cc4)CC3)ccc2N)cn1. The summed E-state index contributed by atoms with van der Waals surface area (Å²) in [6.07, 6.45) is 8.11. The lowest BCUT2D eigenvalue weighted by atomic mass is 9.88. The number of nitrogens with one attached hydrogen (secondary N) is 1. The van der Waals surface area contributed by atoms with Crippen LogP contribution in [0.25, 0.3) is 11.1 Å². The number of amides is 2. The summed E-state index contributed by atoms with van der Waals surface area (Å²) in [5.74, 6) is 0.534. The molecule has 0 unspecified atom stereocenters. The number of carbonyl (C=O) groups is 2. The molecule has 1 aliphatic heterocycles. The number of carbonyl (C=O) groups excluding carboxylic acids is 2. The third-order valence-corrected chi connectivity index (χ3v) is 7.46. The zero-order chi connectivity index (χ0) is 28.2. The molecule has 5 rings (SSSR count). The summed E-state index contributed by atoms with van der Waals surface area (Å²) < 4.78 is 1.80. The van der Waals surface area contributed by atoms with Crippen molar-refractivity contribution in [3.05, 3.63) is 95.6 Å². The Morgan fingerprint density at radius 2 is 1.70 bits per heavy atom. The number of aryl methyl sites for hydroxylation is 1. The van der Waals surface area contributed by atoms with Gasteiger partial charge in [0.1, 0.15) is 0 Å². The van der Waals surface area contributed by atoms with Crippen molar-refractivity contribution < 1.29 is 9.59 Å². The molecule has 2 amide bonds. The third-order valence-electron chi connectivity index (χ3n) is 7.46. The monoisotopic (exact) mass is 536 g/mol. The lowest BCUT2D eigenvalue weighted by Gasteiger charge is -2.32. The van der Waals surface area contributed by atoms with Crippen molar-refractivity contribution in [3.63, 3.8) is 0 Å². The van der Waals surface area contributed by atoms with Crippen LogP contribution in [0, 0.1) is 5.92 Å². The Hall–Kier alpha value is -4.46. The summed E-state index contributed by atoms with van der Waals surface area (Å²) in [4.78, 5) is 32.5. The second-order valence-corrected chi connectivity index (χ2v) is 11.0.